The number of nitrogens with zero attached hydrogens (tertiary/aromatic N) is 2. The molecule has 90 valence electrons. The lowest BCUT2D eigenvalue weighted by Crippen LogP contribution is -2.13. The standard InChI is InChI=1S/C12H14BrN3S/c1-16(2)12-10(4-3-7-14-12)15-8-9-5-6-11(13)17-9/h3-7,15H,8H2,1-2H3. The van der Waals surface area contributed by atoms with Gasteiger partial charge in [-0.05, 0) is 40.2 Å². The van der Waals surface area contributed by atoms with Gasteiger partial charge in [0.05, 0.1) is 9.47 Å². The fourth-order valence-electron chi connectivity index (χ4n) is 1.52. The van der Waals surface area contributed by atoms with Crippen LogP contribution in [0.4, 0.5) is 11.5 Å². The van der Waals surface area contributed by atoms with E-state index in [1.165, 1.54) is 4.88 Å². The maximum absolute atomic E-state index is 4.35. The molecule has 0 saturated carbocycles. The van der Waals surface area contributed by atoms with Crippen LogP contribution in [0.1, 0.15) is 4.88 Å². The van der Waals surface area contributed by atoms with Crippen molar-refractivity contribution in [2.45, 2.75) is 6.54 Å². The van der Waals surface area contributed by atoms with Crippen molar-refractivity contribution in [3.8, 4) is 0 Å². The monoisotopic (exact) mass is 311 g/mol. The zero-order valence-corrected chi connectivity index (χ0v) is 12.2. The average Bonchev–Trinajstić information content (AvgIpc) is 2.73. The molecule has 2 aromatic heterocycles. The highest BCUT2D eigenvalue weighted by Gasteiger charge is 2.05. The number of halogens is 1. The van der Waals surface area contributed by atoms with Crippen LogP contribution in [0.3, 0.4) is 0 Å². The zero-order chi connectivity index (χ0) is 12.3. The van der Waals surface area contributed by atoms with Crippen LogP contribution in [-0.2, 0) is 6.54 Å². The normalized spacial score (nSPS) is 10.3. The average molecular weight is 312 g/mol. The molecule has 2 heterocycles. The highest BCUT2D eigenvalue weighted by Crippen LogP contribution is 2.25. The van der Waals surface area contributed by atoms with Gasteiger partial charge in [-0.3, -0.25) is 0 Å². The van der Waals surface area contributed by atoms with Crippen molar-refractivity contribution < 1.29 is 0 Å². The van der Waals surface area contributed by atoms with Gasteiger partial charge in [-0.1, -0.05) is 0 Å². The van der Waals surface area contributed by atoms with Crippen molar-refractivity contribution in [3.05, 3.63) is 39.1 Å². The molecule has 0 unspecified atom stereocenters. The number of pyridine rings is 1. The molecular formula is C12H14BrN3S. The van der Waals surface area contributed by atoms with Crippen LogP contribution in [0.15, 0.2) is 34.2 Å². The van der Waals surface area contributed by atoms with Crippen molar-refractivity contribution >= 4 is 38.8 Å². The largest absolute Gasteiger partial charge is 0.377 e. The molecular weight excluding hydrogens is 298 g/mol. The van der Waals surface area contributed by atoms with Gasteiger partial charge in [0, 0.05) is 31.7 Å². The maximum atomic E-state index is 4.35. The molecule has 2 rings (SSSR count). The molecule has 0 spiro atoms. The second kappa shape index (κ2) is 5.51. The molecule has 1 N–H and O–H groups in total. The molecule has 0 radical (unpaired) electrons. The second-order valence-electron chi connectivity index (χ2n) is 3.83. The van der Waals surface area contributed by atoms with E-state index in [0.717, 1.165) is 21.8 Å². The lowest BCUT2D eigenvalue weighted by molar-refractivity contribution is 1.05. The fraction of sp³-hybridized carbons (Fsp3) is 0.250. The predicted molar refractivity (Wildman–Crippen MR) is 77.9 cm³/mol. The van der Waals surface area contributed by atoms with Crippen LogP contribution in [0, 0.1) is 0 Å². The molecule has 0 aliphatic carbocycles. The lowest BCUT2D eigenvalue weighted by Gasteiger charge is -2.16. The van der Waals surface area contributed by atoms with Crippen LogP contribution >= 0.6 is 27.3 Å². The molecule has 0 aliphatic rings. The molecule has 5 heteroatoms. The number of rotatable bonds is 4. The Morgan fingerprint density at radius 3 is 2.82 bits per heavy atom. The summed E-state index contributed by atoms with van der Waals surface area (Å²) >= 11 is 5.21. The van der Waals surface area contributed by atoms with Crippen LogP contribution < -0.4 is 10.2 Å². The summed E-state index contributed by atoms with van der Waals surface area (Å²) in [6.45, 7) is 0.822. The van der Waals surface area contributed by atoms with Gasteiger partial charge < -0.3 is 10.2 Å². The van der Waals surface area contributed by atoms with E-state index in [1.807, 2.05) is 37.3 Å². The minimum atomic E-state index is 0.822. The Labute approximate surface area is 114 Å². The third-order valence-electron chi connectivity index (χ3n) is 2.29. The van der Waals surface area contributed by atoms with Gasteiger partial charge in [0.2, 0.25) is 0 Å². The first kappa shape index (κ1) is 12.4. The van der Waals surface area contributed by atoms with Crippen molar-refractivity contribution in [1.82, 2.24) is 4.98 Å². The van der Waals surface area contributed by atoms with Gasteiger partial charge in [0.1, 0.15) is 0 Å². The first-order valence-corrected chi connectivity index (χ1v) is 6.88. The third-order valence-corrected chi connectivity index (χ3v) is 3.92. The van der Waals surface area contributed by atoms with E-state index in [1.54, 1.807) is 11.3 Å². The number of anilines is 2. The van der Waals surface area contributed by atoms with E-state index in [2.05, 4.69) is 38.4 Å². The first-order chi connectivity index (χ1) is 8.16. The summed E-state index contributed by atoms with van der Waals surface area (Å²) in [6, 6.07) is 8.18. The van der Waals surface area contributed by atoms with Gasteiger partial charge in [-0.15, -0.1) is 11.3 Å². The molecule has 2 aromatic rings. The molecule has 0 saturated heterocycles. The molecule has 0 aromatic carbocycles. The number of thiophene rings is 1. The third kappa shape index (κ3) is 3.20. The van der Waals surface area contributed by atoms with E-state index < -0.39 is 0 Å². The summed E-state index contributed by atoms with van der Waals surface area (Å²) in [5.41, 5.74) is 1.06. The van der Waals surface area contributed by atoms with Crippen LogP contribution in [-0.4, -0.2) is 19.1 Å². The summed E-state index contributed by atoms with van der Waals surface area (Å²) in [5, 5.41) is 3.41. The van der Waals surface area contributed by atoms with Crippen molar-refractivity contribution in [2.24, 2.45) is 0 Å². The Kier molecular flexibility index (Phi) is 4.02. The Balaban J connectivity index is 2.08. The van der Waals surface area contributed by atoms with Crippen LogP contribution in [0.5, 0.6) is 0 Å². The summed E-state index contributed by atoms with van der Waals surface area (Å²) in [6.07, 6.45) is 1.81. The maximum Gasteiger partial charge on any atom is 0.151 e. The number of hydrogen-bond donors (Lipinski definition) is 1. The molecule has 0 amide bonds. The Morgan fingerprint density at radius 1 is 1.35 bits per heavy atom. The summed E-state index contributed by atoms with van der Waals surface area (Å²) < 4.78 is 1.16. The number of aromatic nitrogens is 1. The van der Waals surface area contributed by atoms with E-state index in [4.69, 9.17) is 0 Å². The van der Waals surface area contributed by atoms with Gasteiger partial charge in [0.15, 0.2) is 5.82 Å². The van der Waals surface area contributed by atoms with Gasteiger partial charge in [-0.25, -0.2) is 4.98 Å². The molecule has 0 bridgehead atoms. The van der Waals surface area contributed by atoms with Gasteiger partial charge >= 0.3 is 0 Å². The SMILES string of the molecule is CN(C)c1ncccc1NCc1ccc(Br)s1. The van der Waals surface area contributed by atoms with Gasteiger partial charge in [-0.2, -0.15) is 0 Å². The zero-order valence-electron chi connectivity index (χ0n) is 9.77. The van der Waals surface area contributed by atoms with E-state index in [0.29, 0.717) is 0 Å². The van der Waals surface area contributed by atoms with Gasteiger partial charge in [0.25, 0.3) is 0 Å². The van der Waals surface area contributed by atoms with Crippen LogP contribution in [0.25, 0.3) is 0 Å². The summed E-state index contributed by atoms with van der Waals surface area (Å²) in [5.74, 6) is 0.961. The minimum absolute atomic E-state index is 0.822. The lowest BCUT2D eigenvalue weighted by atomic mass is 10.3. The predicted octanol–water partition coefficient (Wildman–Crippen LogP) is 3.58. The number of nitrogens with one attached hydrogen (secondary N) is 1. The van der Waals surface area contributed by atoms with E-state index >= 15 is 0 Å². The van der Waals surface area contributed by atoms with Crippen molar-refractivity contribution in [1.29, 1.82) is 0 Å². The highest BCUT2D eigenvalue weighted by atomic mass is 79.9. The Bertz CT molecular complexity index is 496. The van der Waals surface area contributed by atoms with E-state index in [-0.39, 0.29) is 0 Å². The fourth-order valence-corrected chi connectivity index (χ4v) is 2.94. The molecule has 0 aliphatic heterocycles. The van der Waals surface area contributed by atoms with E-state index in [9.17, 15) is 0 Å². The summed E-state index contributed by atoms with van der Waals surface area (Å²) in [7, 11) is 3.99. The first-order valence-electron chi connectivity index (χ1n) is 5.27. The Hall–Kier alpha value is -1.07. The molecule has 0 fully saturated rings. The van der Waals surface area contributed by atoms with Crippen LogP contribution in [0.2, 0.25) is 0 Å². The number of hydrogen-bond acceptors (Lipinski definition) is 4. The molecule has 0 atom stereocenters. The Morgan fingerprint density at radius 2 is 2.18 bits per heavy atom. The molecule has 3 nitrogen and oxygen atoms in total. The van der Waals surface area contributed by atoms with Crippen molar-refractivity contribution in [3.63, 3.8) is 0 Å². The molecule has 17 heavy (non-hydrogen) atoms. The topological polar surface area (TPSA) is 28.2 Å². The highest BCUT2D eigenvalue weighted by molar-refractivity contribution is 9.11. The summed E-state index contributed by atoms with van der Waals surface area (Å²) in [4.78, 5) is 7.66. The van der Waals surface area contributed by atoms with Crippen molar-refractivity contribution in [2.75, 3.05) is 24.3 Å². The minimum Gasteiger partial charge on any atom is -0.377 e. The smallest absolute Gasteiger partial charge is 0.151 e. The second-order valence-corrected chi connectivity index (χ2v) is 6.38. The quantitative estimate of drug-likeness (QED) is 0.935.